The number of benzene rings is 1. The Bertz CT molecular complexity index is 877. The summed E-state index contributed by atoms with van der Waals surface area (Å²) in [4.78, 5) is 16.9. The van der Waals surface area contributed by atoms with Gasteiger partial charge >= 0.3 is 0 Å². The second-order valence-corrected chi connectivity index (χ2v) is 6.83. The standard InChI is InChI=1S/C20H21N3O3S/c1-14-18(15(2)26-23-14)13-27-20-17(9-6-10-22-20)19(24)21-11-12-25-16-7-4-3-5-8-16/h3-10H,11-13H2,1-2H3,(H,21,24). The van der Waals surface area contributed by atoms with Crippen LogP contribution in [0.25, 0.3) is 0 Å². The molecule has 0 bridgehead atoms. The first kappa shape index (κ1) is 19.0. The van der Waals surface area contributed by atoms with Crippen molar-refractivity contribution in [3.05, 3.63) is 71.2 Å². The Hall–Kier alpha value is -2.80. The van der Waals surface area contributed by atoms with Gasteiger partial charge in [0.15, 0.2) is 0 Å². The van der Waals surface area contributed by atoms with Crippen LogP contribution in [0.3, 0.4) is 0 Å². The molecule has 3 rings (SSSR count). The largest absolute Gasteiger partial charge is 0.492 e. The number of carbonyl (C=O) groups is 1. The minimum absolute atomic E-state index is 0.166. The van der Waals surface area contributed by atoms with Gasteiger partial charge in [-0.1, -0.05) is 23.4 Å². The number of pyridine rings is 1. The summed E-state index contributed by atoms with van der Waals surface area (Å²) in [6, 6.07) is 13.0. The molecular weight excluding hydrogens is 362 g/mol. The van der Waals surface area contributed by atoms with E-state index in [0.29, 0.717) is 29.5 Å². The SMILES string of the molecule is Cc1noc(C)c1CSc1ncccc1C(=O)NCCOc1ccccc1. The molecule has 27 heavy (non-hydrogen) atoms. The van der Waals surface area contributed by atoms with Crippen LogP contribution in [0.15, 0.2) is 58.2 Å². The fourth-order valence-corrected chi connectivity index (χ4v) is 3.62. The number of para-hydroxylation sites is 1. The van der Waals surface area contributed by atoms with E-state index < -0.39 is 0 Å². The number of hydrogen-bond acceptors (Lipinski definition) is 6. The van der Waals surface area contributed by atoms with Crippen molar-refractivity contribution in [3.63, 3.8) is 0 Å². The Morgan fingerprint density at radius 2 is 2.00 bits per heavy atom. The summed E-state index contributed by atoms with van der Waals surface area (Å²) >= 11 is 1.49. The van der Waals surface area contributed by atoms with Gasteiger partial charge in [-0.2, -0.15) is 0 Å². The second-order valence-electron chi connectivity index (χ2n) is 5.86. The third kappa shape index (κ3) is 5.10. The molecule has 2 aromatic heterocycles. The van der Waals surface area contributed by atoms with Crippen molar-refractivity contribution in [2.75, 3.05) is 13.2 Å². The lowest BCUT2D eigenvalue weighted by atomic mass is 10.2. The molecule has 0 unspecified atom stereocenters. The molecular formula is C20H21N3O3S. The highest BCUT2D eigenvalue weighted by molar-refractivity contribution is 7.98. The van der Waals surface area contributed by atoms with Crippen LogP contribution < -0.4 is 10.1 Å². The Morgan fingerprint density at radius 1 is 1.19 bits per heavy atom. The van der Waals surface area contributed by atoms with Crippen molar-refractivity contribution in [2.24, 2.45) is 0 Å². The molecule has 0 aliphatic carbocycles. The number of thioether (sulfide) groups is 1. The van der Waals surface area contributed by atoms with Gasteiger partial charge in [-0.15, -0.1) is 11.8 Å². The van der Waals surface area contributed by atoms with E-state index in [9.17, 15) is 4.79 Å². The van der Waals surface area contributed by atoms with E-state index in [1.807, 2.05) is 44.2 Å². The average molecular weight is 383 g/mol. The number of ether oxygens (including phenoxy) is 1. The van der Waals surface area contributed by atoms with Crippen LogP contribution in [0.5, 0.6) is 5.75 Å². The molecule has 6 nitrogen and oxygen atoms in total. The molecule has 0 aliphatic rings. The van der Waals surface area contributed by atoms with Gasteiger partial charge in [0.2, 0.25) is 0 Å². The van der Waals surface area contributed by atoms with Gasteiger partial charge in [-0.05, 0) is 38.1 Å². The van der Waals surface area contributed by atoms with Gasteiger partial charge in [0.1, 0.15) is 23.1 Å². The highest BCUT2D eigenvalue weighted by atomic mass is 32.2. The van der Waals surface area contributed by atoms with Crippen molar-refractivity contribution in [2.45, 2.75) is 24.6 Å². The van der Waals surface area contributed by atoms with Crippen LogP contribution in [0.4, 0.5) is 0 Å². The molecule has 1 amide bonds. The maximum absolute atomic E-state index is 12.5. The predicted octanol–water partition coefficient (Wildman–Crippen LogP) is 3.79. The minimum atomic E-state index is -0.166. The molecule has 1 N–H and O–H groups in total. The minimum Gasteiger partial charge on any atom is -0.492 e. The first-order valence-corrected chi connectivity index (χ1v) is 9.59. The lowest BCUT2D eigenvalue weighted by Crippen LogP contribution is -2.28. The zero-order valence-electron chi connectivity index (χ0n) is 15.3. The van der Waals surface area contributed by atoms with Gasteiger partial charge in [0, 0.05) is 17.5 Å². The van der Waals surface area contributed by atoms with Crippen LogP contribution in [-0.2, 0) is 5.75 Å². The molecule has 0 atom stereocenters. The topological polar surface area (TPSA) is 77.2 Å². The molecule has 0 radical (unpaired) electrons. The van der Waals surface area contributed by atoms with Crippen molar-refractivity contribution < 1.29 is 14.1 Å². The van der Waals surface area contributed by atoms with E-state index in [0.717, 1.165) is 22.8 Å². The highest BCUT2D eigenvalue weighted by Crippen LogP contribution is 2.27. The summed E-state index contributed by atoms with van der Waals surface area (Å²) in [7, 11) is 0. The first-order chi connectivity index (χ1) is 13.1. The monoisotopic (exact) mass is 383 g/mol. The van der Waals surface area contributed by atoms with E-state index in [-0.39, 0.29) is 5.91 Å². The molecule has 3 aromatic rings. The highest BCUT2D eigenvalue weighted by Gasteiger charge is 2.15. The number of amides is 1. The van der Waals surface area contributed by atoms with Crippen molar-refractivity contribution in [1.82, 2.24) is 15.5 Å². The molecule has 0 aliphatic heterocycles. The second kappa shape index (κ2) is 9.23. The van der Waals surface area contributed by atoms with Gasteiger partial charge in [0.25, 0.3) is 5.91 Å². The van der Waals surface area contributed by atoms with Gasteiger partial charge in [-0.25, -0.2) is 4.98 Å². The quantitative estimate of drug-likeness (QED) is 0.471. The van der Waals surface area contributed by atoms with E-state index in [1.165, 1.54) is 11.8 Å². The van der Waals surface area contributed by atoms with Gasteiger partial charge in [0.05, 0.1) is 17.8 Å². The molecule has 7 heteroatoms. The summed E-state index contributed by atoms with van der Waals surface area (Å²) in [5, 5.41) is 7.52. The Balaban J connectivity index is 1.55. The van der Waals surface area contributed by atoms with Crippen molar-refractivity contribution in [3.8, 4) is 5.75 Å². The van der Waals surface area contributed by atoms with E-state index >= 15 is 0 Å². The zero-order chi connectivity index (χ0) is 19.1. The van der Waals surface area contributed by atoms with E-state index in [1.54, 1.807) is 18.3 Å². The number of carbonyl (C=O) groups excluding carboxylic acids is 1. The lowest BCUT2D eigenvalue weighted by molar-refractivity contribution is 0.0943. The summed E-state index contributed by atoms with van der Waals surface area (Å²) < 4.78 is 10.8. The molecule has 0 saturated heterocycles. The third-order valence-electron chi connectivity index (χ3n) is 3.95. The normalized spacial score (nSPS) is 10.6. The molecule has 1 aromatic carbocycles. The summed E-state index contributed by atoms with van der Waals surface area (Å²) in [5.74, 6) is 2.06. The van der Waals surface area contributed by atoms with E-state index in [4.69, 9.17) is 9.26 Å². The van der Waals surface area contributed by atoms with Crippen molar-refractivity contribution >= 4 is 17.7 Å². The smallest absolute Gasteiger partial charge is 0.254 e. The van der Waals surface area contributed by atoms with Crippen LogP contribution in [0.2, 0.25) is 0 Å². The van der Waals surface area contributed by atoms with Crippen LogP contribution in [-0.4, -0.2) is 29.2 Å². The average Bonchev–Trinajstić information content (AvgIpc) is 3.02. The van der Waals surface area contributed by atoms with Crippen LogP contribution in [0, 0.1) is 13.8 Å². The number of aromatic nitrogens is 2. The maximum Gasteiger partial charge on any atom is 0.254 e. The zero-order valence-corrected chi connectivity index (χ0v) is 16.1. The summed E-state index contributed by atoms with van der Waals surface area (Å²) in [6.07, 6.45) is 1.69. The number of nitrogens with zero attached hydrogens (tertiary/aromatic N) is 2. The molecule has 0 fully saturated rings. The van der Waals surface area contributed by atoms with Gasteiger partial charge in [-0.3, -0.25) is 4.79 Å². The molecule has 0 saturated carbocycles. The summed E-state index contributed by atoms with van der Waals surface area (Å²) in [5.41, 5.74) is 2.45. The first-order valence-electron chi connectivity index (χ1n) is 8.60. The van der Waals surface area contributed by atoms with Crippen LogP contribution in [0.1, 0.15) is 27.4 Å². The third-order valence-corrected chi connectivity index (χ3v) is 4.98. The summed E-state index contributed by atoms with van der Waals surface area (Å²) in [6.45, 7) is 4.61. The number of hydrogen-bond donors (Lipinski definition) is 1. The maximum atomic E-state index is 12.5. The van der Waals surface area contributed by atoms with Crippen molar-refractivity contribution in [1.29, 1.82) is 0 Å². The number of aryl methyl sites for hydroxylation is 2. The Labute approximate surface area is 162 Å². The fraction of sp³-hybridized carbons (Fsp3) is 0.250. The van der Waals surface area contributed by atoms with Gasteiger partial charge < -0.3 is 14.6 Å². The van der Waals surface area contributed by atoms with Crippen LogP contribution >= 0.6 is 11.8 Å². The fourth-order valence-electron chi connectivity index (χ4n) is 2.47. The Kier molecular flexibility index (Phi) is 6.49. The number of rotatable bonds is 8. The predicted molar refractivity (Wildman–Crippen MR) is 104 cm³/mol. The lowest BCUT2D eigenvalue weighted by Gasteiger charge is -2.10. The molecule has 0 spiro atoms. The molecule has 140 valence electrons. The number of nitrogens with one attached hydrogen (secondary N) is 1. The van der Waals surface area contributed by atoms with E-state index in [2.05, 4.69) is 15.5 Å². The molecule has 2 heterocycles. The Morgan fingerprint density at radius 3 is 2.74 bits per heavy atom.